The van der Waals surface area contributed by atoms with Crippen LogP contribution >= 0.6 is 0 Å². The molecule has 1 aliphatic carbocycles. The third kappa shape index (κ3) is 5.11. The molecule has 1 amide bonds. The summed E-state index contributed by atoms with van der Waals surface area (Å²) in [6.45, 7) is 3.63. The number of amides is 1. The highest BCUT2D eigenvalue weighted by atomic mass is 32.2. The van der Waals surface area contributed by atoms with Gasteiger partial charge in [0.15, 0.2) is 0 Å². The molecule has 2 atom stereocenters. The van der Waals surface area contributed by atoms with Crippen molar-refractivity contribution in [2.24, 2.45) is 11.3 Å². The third-order valence-corrected chi connectivity index (χ3v) is 4.99. The lowest BCUT2D eigenvalue weighted by molar-refractivity contribution is -0.143. The van der Waals surface area contributed by atoms with Gasteiger partial charge in [0.2, 0.25) is 5.91 Å². The Labute approximate surface area is 119 Å². The fourth-order valence-corrected chi connectivity index (χ4v) is 3.86. The zero-order valence-corrected chi connectivity index (χ0v) is 13.0. The summed E-state index contributed by atoms with van der Waals surface area (Å²) < 4.78 is 22.7. The first-order valence-electron chi connectivity index (χ1n) is 6.78. The van der Waals surface area contributed by atoms with Crippen LogP contribution in [0.15, 0.2) is 0 Å². The first kappa shape index (κ1) is 16.9. The van der Waals surface area contributed by atoms with Gasteiger partial charge in [-0.1, -0.05) is 20.3 Å². The van der Waals surface area contributed by atoms with Gasteiger partial charge in [-0.3, -0.25) is 4.79 Å². The molecule has 0 aromatic heterocycles. The van der Waals surface area contributed by atoms with E-state index in [-0.39, 0.29) is 24.0 Å². The van der Waals surface area contributed by atoms with E-state index in [4.69, 9.17) is 5.11 Å². The molecule has 0 bridgehead atoms. The molecule has 0 saturated heterocycles. The van der Waals surface area contributed by atoms with Crippen LogP contribution in [0.25, 0.3) is 0 Å². The first-order valence-corrected chi connectivity index (χ1v) is 8.84. The van der Waals surface area contributed by atoms with E-state index >= 15 is 0 Å². The van der Waals surface area contributed by atoms with E-state index in [9.17, 15) is 18.0 Å². The molecule has 1 fully saturated rings. The van der Waals surface area contributed by atoms with E-state index in [1.54, 1.807) is 6.92 Å². The Morgan fingerprint density at radius 1 is 1.35 bits per heavy atom. The summed E-state index contributed by atoms with van der Waals surface area (Å²) in [5.41, 5.74) is -0.476. The van der Waals surface area contributed by atoms with Gasteiger partial charge >= 0.3 is 5.97 Å². The van der Waals surface area contributed by atoms with Crippen LogP contribution in [0.4, 0.5) is 0 Å². The minimum Gasteiger partial charge on any atom is -0.480 e. The second-order valence-corrected chi connectivity index (χ2v) is 8.16. The molecule has 1 aliphatic rings. The standard InChI is InChI=1S/C13H23NO5S/c1-4-9(2)11(12(16)17)14-10(15)7-13(5-6-13)8-20(3,18)19/h9,11H,4-8H2,1-3H3,(H,14,15)(H,16,17). The van der Waals surface area contributed by atoms with Crippen molar-refractivity contribution >= 4 is 21.7 Å². The maximum absolute atomic E-state index is 12.0. The van der Waals surface area contributed by atoms with Crippen molar-refractivity contribution in [1.82, 2.24) is 5.32 Å². The van der Waals surface area contributed by atoms with Gasteiger partial charge in [-0.15, -0.1) is 0 Å². The van der Waals surface area contributed by atoms with Crippen molar-refractivity contribution in [3.63, 3.8) is 0 Å². The molecule has 20 heavy (non-hydrogen) atoms. The van der Waals surface area contributed by atoms with Crippen LogP contribution < -0.4 is 5.32 Å². The molecular weight excluding hydrogens is 282 g/mol. The van der Waals surface area contributed by atoms with Crippen molar-refractivity contribution in [2.75, 3.05) is 12.0 Å². The monoisotopic (exact) mass is 305 g/mol. The molecule has 2 unspecified atom stereocenters. The summed E-state index contributed by atoms with van der Waals surface area (Å²) in [7, 11) is -3.13. The fourth-order valence-electron chi connectivity index (χ4n) is 2.35. The summed E-state index contributed by atoms with van der Waals surface area (Å²) in [6, 6.07) is -0.915. The maximum Gasteiger partial charge on any atom is 0.326 e. The van der Waals surface area contributed by atoms with Gasteiger partial charge in [0.1, 0.15) is 15.9 Å². The predicted octanol–water partition coefficient (Wildman–Crippen LogP) is 0.817. The fraction of sp³-hybridized carbons (Fsp3) is 0.846. The number of aliphatic carboxylic acids is 1. The summed E-state index contributed by atoms with van der Waals surface area (Å²) in [6.07, 6.45) is 3.29. The Morgan fingerprint density at radius 3 is 2.25 bits per heavy atom. The average molecular weight is 305 g/mol. The lowest BCUT2D eigenvalue weighted by atomic mass is 9.98. The van der Waals surface area contributed by atoms with Gasteiger partial charge < -0.3 is 10.4 Å². The highest BCUT2D eigenvalue weighted by Gasteiger charge is 2.47. The Morgan fingerprint density at radius 2 is 1.90 bits per heavy atom. The predicted molar refractivity (Wildman–Crippen MR) is 75.0 cm³/mol. The second-order valence-electron chi connectivity index (χ2n) is 6.02. The molecule has 0 radical (unpaired) electrons. The lowest BCUT2D eigenvalue weighted by Crippen LogP contribution is -2.45. The smallest absolute Gasteiger partial charge is 0.326 e. The molecule has 7 heteroatoms. The van der Waals surface area contributed by atoms with Crippen molar-refractivity contribution in [2.45, 2.75) is 45.6 Å². The largest absolute Gasteiger partial charge is 0.480 e. The minimum absolute atomic E-state index is 0.00547. The lowest BCUT2D eigenvalue weighted by Gasteiger charge is -2.21. The topological polar surface area (TPSA) is 101 Å². The normalized spacial score (nSPS) is 19.9. The number of carbonyl (C=O) groups is 2. The number of sulfone groups is 1. The molecular formula is C13H23NO5S. The van der Waals surface area contributed by atoms with Crippen LogP contribution in [-0.4, -0.2) is 43.5 Å². The quantitative estimate of drug-likeness (QED) is 0.691. The van der Waals surface area contributed by atoms with Crippen LogP contribution in [0.2, 0.25) is 0 Å². The van der Waals surface area contributed by atoms with Crippen molar-refractivity contribution in [1.29, 1.82) is 0 Å². The van der Waals surface area contributed by atoms with Crippen LogP contribution in [0.1, 0.15) is 39.5 Å². The van der Waals surface area contributed by atoms with Gasteiger partial charge in [0.05, 0.1) is 5.75 Å². The highest BCUT2D eigenvalue weighted by molar-refractivity contribution is 7.90. The molecule has 1 saturated carbocycles. The van der Waals surface area contributed by atoms with E-state index in [0.29, 0.717) is 19.3 Å². The molecule has 1 rings (SSSR count). The van der Waals surface area contributed by atoms with Gasteiger partial charge in [0.25, 0.3) is 0 Å². The molecule has 116 valence electrons. The Kier molecular flexibility index (Phi) is 5.18. The SMILES string of the molecule is CCC(C)C(NC(=O)CC1(CS(C)(=O)=O)CC1)C(=O)O. The van der Waals surface area contributed by atoms with Crippen LogP contribution in [0, 0.1) is 11.3 Å². The maximum atomic E-state index is 12.0. The molecule has 0 aromatic rings. The van der Waals surface area contributed by atoms with Crippen molar-refractivity contribution < 1.29 is 23.1 Å². The average Bonchev–Trinajstić information content (AvgIpc) is 3.01. The zero-order chi connectivity index (χ0) is 15.6. The summed E-state index contributed by atoms with van der Waals surface area (Å²) in [4.78, 5) is 23.1. The number of carbonyl (C=O) groups excluding carboxylic acids is 1. The first-order chi connectivity index (χ1) is 9.08. The van der Waals surface area contributed by atoms with E-state index < -0.39 is 27.3 Å². The number of hydrogen-bond donors (Lipinski definition) is 2. The molecule has 6 nitrogen and oxygen atoms in total. The van der Waals surface area contributed by atoms with Crippen LogP contribution in [0.3, 0.4) is 0 Å². The number of rotatable bonds is 8. The van der Waals surface area contributed by atoms with Crippen LogP contribution in [-0.2, 0) is 19.4 Å². The van der Waals surface area contributed by atoms with E-state index in [0.717, 1.165) is 6.26 Å². The Hall–Kier alpha value is -1.11. The number of carboxylic acid groups (broad SMARTS) is 1. The second kappa shape index (κ2) is 6.11. The van der Waals surface area contributed by atoms with Gasteiger partial charge in [-0.2, -0.15) is 0 Å². The van der Waals surface area contributed by atoms with Crippen LogP contribution in [0.5, 0.6) is 0 Å². The van der Waals surface area contributed by atoms with E-state index in [1.165, 1.54) is 0 Å². The number of carboxylic acids is 1. The van der Waals surface area contributed by atoms with E-state index in [1.807, 2.05) is 6.92 Å². The highest BCUT2D eigenvalue weighted by Crippen LogP contribution is 2.49. The summed E-state index contributed by atoms with van der Waals surface area (Å²) in [5.74, 6) is -1.60. The molecule has 0 spiro atoms. The van der Waals surface area contributed by atoms with Crippen molar-refractivity contribution in [3.05, 3.63) is 0 Å². The van der Waals surface area contributed by atoms with Crippen molar-refractivity contribution in [3.8, 4) is 0 Å². The van der Waals surface area contributed by atoms with Gasteiger partial charge in [0, 0.05) is 12.7 Å². The number of nitrogens with one attached hydrogen (secondary N) is 1. The molecule has 0 aliphatic heterocycles. The Balaban J connectivity index is 2.61. The molecule has 0 heterocycles. The van der Waals surface area contributed by atoms with Gasteiger partial charge in [-0.25, -0.2) is 13.2 Å². The zero-order valence-electron chi connectivity index (χ0n) is 12.2. The van der Waals surface area contributed by atoms with E-state index in [2.05, 4.69) is 5.32 Å². The number of hydrogen-bond acceptors (Lipinski definition) is 4. The summed E-state index contributed by atoms with van der Waals surface area (Å²) >= 11 is 0. The molecule has 0 aromatic carbocycles. The molecule has 2 N–H and O–H groups in total. The summed E-state index contributed by atoms with van der Waals surface area (Å²) in [5, 5.41) is 11.6. The van der Waals surface area contributed by atoms with Gasteiger partial charge in [-0.05, 0) is 24.2 Å². The Bertz CT molecular complexity index is 481. The minimum atomic E-state index is -3.13. The third-order valence-electron chi connectivity index (χ3n) is 3.86.